The van der Waals surface area contributed by atoms with Crippen LogP contribution in [0.25, 0.3) is 11.4 Å². The number of allylic oxidation sites excluding steroid dienone is 1. The Morgan fingerprint density at radius 2 is 2.00 bits per heavy atom. The maximum absolute atomic E-state index is 14.3. The lowest BCUT2D eigenvalue weighted by Crippen LogP contribution is -2.28. The highest BCUT2D eigenvalue weighted by Gasteiger charge is 2.35. The van der Waals surface area contributed by atoms with Crippen molar-refractivity contribution < 1.29 is 9.18 Å². The summed E-state index contributed by atoms with van der Waals surface area (Å²) in [5, 5.41) is 17.6. The number of carbonyl (C=O) groups is 1. The minimum Gasteiger partial charge on any atom is -0.311 e. The summed E-state index contributed by atoms with van der Waals surface area (Å²) >= 11 is 1.33. The Hall–Kier alpha value is -3.44. The van der Waals surface area contributed by atoms with E-state index >= 15 is 0 Å². The Balaban J connectivity index is 1.57. The van der Waals surface area contributed by atoms with E-state index in [1.54, 1.807) is 58.0 Å². The molecule has 0 radical (unpaired) electrons. The van der Waals surface area contributed by atoms with Gasteiger partial charge in [0.05, 0.1) is 22.4 Å². The van der Waals surface area contributed by atoms with Crippen LogP contribution in [0.5, 0.6) is 0 Å². The van der Waals surface area contributed by atoms with Crippen molar-refractivity contribution in [2.75, 3.05) is 11.4 Å². The molecule has 1 aliphatic heterocycles. The van der Waals surface area contributed by atoms with Crippen molar-refractivity contribution in [1.82, 2.24) is 14.8 Å². The highest BCUT2D eigenvalue weighted by atomic mass is 32.2. The van der Waals surface area contributed by atoms with Crippen LogP contribution >= 0.6 is 11.8 Å². The highest BCUT2D eigenvalue weighted by molar-refractivity contribution is 8.00. The largest absolute Gasteiger partial charge is 0.311 e. The summed E-state index contributed by atoms with van der Waals surface area (Å²) in [5.74, 6) is 0.00546. The number of anilines is 1. The number of carbonyl (C=O) groups excluding carboxylic acids is 1. The predicted molar refractivity (Wildman–Crippen MR) is 113 cm³/mol. The predicted octanol–water partition coefficient (Wildman–Crippen LogP) is 4.04. The molecule has 2 heterocycles. The van der Waals surface area contributed by atoms with E-state index in [9.17, 15) is 9.18 Å². The van der Waals surface area contributed by atoms with Gasteiger partial charge in [0.2, 0.25) is 5.91 Å². The normalized spacial score (nSPS) is 15.9. The van der Waals surface area contributed by atoms with Crippen LogP contribution in [0.15, 0.2) is 66.3 Å². The Morgan fingerprint density at radius 1 is 1.23 bits per heavy atom. The Bertz CT molecular complexity index is 1140. The molecule has 3 aromatic rings. The van der Waals surface area contributed by atoms with Gasteiger partial charge in [0, 0.05) is 18.8 Å². The van der Waals surface area contributed by atoms with Gasteiger partial charge in [0.25, 0.3) is 0 Å². The zero-order valence-electron chi connectivity index (χ0n) is 16.0. The van der Waals surface area contributed by atoms with Gasteiger partial charge in [-0.25, -0.2) is 4.39 Å². The number of benzene rings is 2. The molecule has 2 aromatic carbocycles. The third-order valence-corrected chi connectivity index (χ3v) is 6.09. The molecular weight excluding hydrogens is 401 g/mol. The minimum absolute atomic E-state index is 0.0229. The molecule has 8 heteroatoms. The number of halogens is 1. The van der Waals surface area contributed by atoms with Gasteiger partial charge < -0.3 is 4.90 Å². The average molecular weight is 419 g/mol. The number of nitriles is 1. The topological polar surface area (TPSA) is 74.8 Å². The Labute approximate surface area is 177 Å². The van der Waals surface area contributed by atoms with Crippen LogP contribution in [0.1, 0.15) is 12.0 Å². The summed E-state index contributed by atoms with van der Waals surface area (Å²) in [6.45, 7) is 4.75. The molecule has 1 saturated heterocycles. The van der Waals surface area contributed by atoms with Gasteiger partial charge in [-0.05, 0) is 42.8 Å². The van der Waals surface area contributed by atoms with Crippen LogP contribution in [0, 0.1) is 17.1 Å². The molecule has 0 saturated carbocycles. The summed E-state index contributed by atoms with van der Waals surface area (Å²) in [4.78, 5) is 14.7. The van der Waals surface area contributed by atoms with Gasteiger partial charge in [-0.15, -0.1) is 16.8 Å². The zero-order chi connectivity index (χ0) is 21.1. The summed E-state index contributed by atoms with van der Waals surface area (Å²) < 4.78 is 16.0. The van der Waals surface area contributed by atoms with E-state index in [2.05, 4.69) is 22.8 Å². The molecule has 30 heavy (non-hydrogen) atoms. The van der Waals surface area contributed by atoms with Crippen molar-refractivity contribution in [3.63, 3.8) is 0 Å². The lowest BCUT2D eigenvalue weighted by Gasteiger charge is -2.16. The maximum Gasteiger partial charge on any atom is 0.240 e. The third kappa shape index (κ3) is 3.72. The second-order valence-electron chi connectivity index (χ2n) is 6.73. The molecule has 0 bridgehead atoms. The monoisotopic (exact) mass is 419 g/mol. The molecular formula is C22H18FN5OS. The first kappa shape index (κ1) is 19.9. The number of nitrogens with zero attached hydrogens (tertiary/aromatic N) is 5. The molecule has 0 spiro atoms. The number of aromatic nitrogens is 3. The van der Waals surface area contributed by atoms with Gasteiger partial charge in [0.1, 0.15) is 5.82 Å². The SMILES string of the molecule is C=CCn1c(SC2CCN(c3ccc(C#N)cc3)C2=O)nnc1-c1ccccc1F. The fraction of sp³-hybridized carbons (Fsp3) is 0.182. The Kier molecular flexibility index (Phi) is 5.63. The third-order valence-electron chi connectivity index (χ3n) is 4.86. The summed E-state index contributed by atoms with van der Waals surface area (Å²) in [7, 11) is 0. The molecule has 1 atom stereocenters. The quantitative estimate of drug-likeness (QED) is 0.564. The van der Waals surface area contributed by atoms with Crippen molar-refractivity contribution in [1.29, 1.82) is 5.26 Å². The van der Waals surface area contributed by atoms with E-state index in [-0.39, 0.29) is 17.0 Å². The highest BCUT2D eigenvalue weighted by Crippen LogP contribution is 2.34. The molecule has 1 unspecified atom stereocenters. The van der Waals surface area contributed by atoms with Gasteiger partial charge in [-0.1, -0.05) is 30.0 Å². The van der Waals surface area contributed by atoms with E-state index in [1.807, 2.05) is 0 Å². The first-order chi connectivity index (χ1) is 14.6. The second-order valence-corrected chi connectivity index (χ2v) is 7.90. The van der Waals surface area contributed by atoms with Crippen LogP contribution < -0.4 is 4.90 Å². The first-order valence-corrected chi connectivity index (χ1v) is 10.3. The fourth-order valence-electron chi connectivity index (χ4n) is 3.37. The first-order valence-electron chi connectivity index (χ1n) is 9.39. The zero-order valence-corrected chi connectivity index (χ0v) is 16.8. The van der Waals surface area contributed by atoms with Crippen LogP contribution in [-0.4, -0.2) is 32.5 Å². The number of thioether (sulfide) groups is 1. The van der Waals surface area contributed by atoms with Crippen molar-refractivity contribution in [2.45, 2.75) is 23.4 Å². The van der Waals surface area contributed by atoms with Crippen LogP contribution in [0.2, 0.25) is 0 Å². The molecule has 1 amide bonds. The fourth-order valence-corrected chi connectivity index (χ4v) is 4.46. The summed E-state index contributed by atoms with van der Waals surface area (Å²) in [6.07, 6.45) is 2.34. The van der Waals surface area contributed by atoms with Crippen molar-refractivity contribution in [3.05, 3.63) is 72.6 Å². The van der Waals surface area contributed by atoms with Crippen LogP contribution in [0.3, 0.4) is 0 Å². The van der Waals surface area contributed by atoms with E-state index in [1.165, 1.54) is 17.8 Å². The lowest BCUT2D eigenvalue weighted by atomic mass is 10.2. The average Bonchev–Trinajstić information content (AvgIpc) is 3.33. The second kappa shape index (κ2) is 8.51. The summed E-state index contributed by atoms with van der Waals surface area (Å²) in [6, 6.07) is 15.4. The Morgan fingerprint density at radius 3 is 2.70 bits per heavy atom. The molecule has 150 valence electrons. The number of hydrogen-bond acceptors (Lipinski definition) is 5. The van der Waals surface area contributed by atoms with E-state index in [0.717, 1.165) is 5.69 Å². The molecule has 1 fully saturated rings. The summed E-state index contributed by atoms with van der Waals surface area (Å²) in [5.41, 5.74) is 1.67. The molecule has 4 rings (SSSR count). The van der Waals surface area contributed by atoms with E-state index in [4.69, 9.17) is 5.26 Å². The van der Waals surface area contributed by atoms with Crippen molar-refractivity contribution in [3.8, 4) is 17.5 Å². The van der Waals surface area contributed by atoms with Crippen LogP contribution in [-0.2, 0) is 11.3 Å². The van der Waals surface area contributed by atoms with Crippen molar-refractivity contribution in [2.24, 2.45) is 0 Å². The molecule has 0 N–H and O–H groups in total. The van der Waals surface area contributed by atoms with E-state index in [0.29, 0.717) is 41.6 Å². The van der Waals surface area contributed by atoms with Gasteiger partial charge in [0.15, 0.2) is 11.0 Å². The van der Waals surface area contributed by atoms with E-state index < -0.39 is 0 Å². The van der Waals surface area contributed by atoms with Gasteiger partial charge in [-0.2, -0.15) is 5.26 Å². The number of rotatable bonds is 6. The minimum atomic E-state index is -0.379. The van der Waals surface area contributed by atoms with Gasteiger partial charge in [-0.3, -0.25) is 9.36 Å². The number of amides is 1. The molecule has 1 aromatic heterocycles. The van der Waals surface area contributed by atoms with Crippen molar-refractivity contribution >= 4 is 23.4 Å². The molecule has 1 aliphatic rings. The van der Waals surface area contributed by atoms with Gasteiger partial charge >= 0.3 is 0 Å². The number of hydrogen-bond donors (Lipinski definition) is 0. The lowest BCUT2D eigenvalue weighted by molar-refractivity contribution is -0.116. The standard InChI is InChI=1S/C22H18FN5OS/c1-2-12-28-20(17-5-3-4-6-18(17)23)25-26-22(28)30-19-11-13-27(21(19)29)16-9-7-15(14-24)8-10-16/h2-10,19H,1,11-13H2. The van der Waals surface area contributed by atoms with Crippen LogP contribution in [0.4, 0.5) is 10.1 Å². The smallest absolute Gasteiger partial charge is 0.240 e. The molecule has 6 nitrogen and oxygen atoms in total. The molecule has 0 aliphatic carbocycles. The maximum atomic E-state index is 14.3.